The Hall–Kier alpha value is -3.21. The van der Waals surface area contributed by atoms with Gasteiger partial charge in [-0.15, -0.1) is 5.10 Å². The fraction of sp³-hybridized carbons (Fsp3) is 0.250. The van der Waals surface area contributed by atoms with E-state index in [1.54, 1.807) is 12.1 Å². The summed E-state index contributed by atoms with van der Waals surface area (Å²) in [6, 6.07) is 7.51. The van der Waals surface area contributed by atoms with Crippen molar-refractivity contribution in [2.45, 2.75) is 17.7 Å². The van der Waals surface area contributed by atoms with Crippen LogP contribution >= 0.6 is 0 Å². The molecule has 0 aliphatic carbocycles. The summed E-state index contributed by atoms with van der Waals surface area (Å²) < 4.78 is 39.6. The van der Waals surface area contributed by atoms with Crippen molar-refractivity contribution in [1.29, 1.82) is 0 Å². The van der Waals surface area contributed by atoms with Gasteiger partial charge in [0, 0.05) is 12.5 Å². The summed E-state index contributed by atoms with van der Waals surface area (Å²) in [5.41, 5.74) is 0. The molecular weight excluding hydrogens is 376 g/mol. The molecule has 11 heteroatoms. The molecule has 0 aliphatic heterocycles. The SMILES string of the molecule is COc1ccc(S(=O)(=O)CCCC(=O)Nc2nnc(-c3ccno3)o2)cc1. The first-order valence-electron chi connectivity index (χ1n) is 7.89. The standard InChI is InChI=1S/C16H16N4O6S/c1-24-11-4-6-12(7-5-11)27(22,23)10-2-3-14(21)18-16-20-19-15(25-16)13-8-9-17-26-13/h4-9H,2-3,10H2,1H3,(H,18,20,21). The Balaban J connectivity index is 1.50. The normalized spacial score (nSPS) is 11.3. The van der Waals surface area contributed by atoms with Gasteiger partial charge in [0.1, 0.15) is 5.75 Å². The van der Waals surface area contributed by atoms with Crippen molar-refractivity contribution in [3.05, 3.63) is 36.5 Å². The van der Waals surface area contributed by atoms with Gasteiger partial charge in [0.25, 0.3) is 5.89 Å². The highest BCUT2D eigenvalue weighted by Gasteiger charge is 2.17. The number of carbonyl (C=O) groups is 1. The highest BCUT2D eigenvalue weighted by molar-refractivity contribution is 7.91. The molecule has 0 saturated heterocycles. The molecule has 2 aromatic heterocycles. The van der Waals surface area contributed by atoms with E-state index < -0.39 is 15.7 Å². The predicted molar refractivity (Wildman–Crippen MR) is 92.7 cm³/mol. The van der Waals surface area contributed by atoms with Crippen molar-refractivity contribution in [2.75, 3.05) is 18.2 Å². The van der Waals surface area contributed by atoms with E-state index in [4.69, 9.17) is 13.7 Å². The molecule has 0 bridgehead atoms. The quantitative estimate of drug-likeness (QED) is 0.609. The number of ether oxygens (including phenoxy) is 1. The van der Waals surface area contributed by atoms with Crippen LogP contribution in [0.1, 0.15) is 12.8 Å². The second kappa shape index (κ2) is 7.99. The number of benzene rings is 1. The highest BCUT2D eigenvalue weighted by Crippen LogP contribution is 2.20. The first-order chi connectivity index (χ1) is 13.0. The number of sulfone groups is 1. The number of anilines is 1. The average molecular weight is 392 g/mol. The largest absolute Gasteiger partial charge is 0.497 e. The van der Waals surface area contributed by atoms with E-state index in [0.29, 0.717) is 5.75 Å². The van der Waals surface area contributed by atoms with Gasteiger partial charge in [-0.1, -0.05) is 10.3 Å². The summed E-state index contributed by atoms with van der Waals surface area (Å²) in [5.74, 6) is 0.309. The number of methoxy groups -OCH3 is 1. The van der Waals surface area contributed by atoms with Crippen LogP contribution < -0.4 is 10.1 Å². The van der Waals surface area contributed by atoms with Gasteiger partial charge in [0.2, 0.25) is 11.7 Å². The van der Waals surface area contributed by atoms with Gasteiger partial charge < -0.3 is 13.7 Å². The second-order valence-corrected chi connectivity index (χ2v) is 7.54. The summed E-state index contributed by atoms with van der Waals surface area (Å²) in [6.45, 7) is 0. The van der Waals surface area contributed by atoms with Gasteiger partial charge in [-0.3, -0.25) is 10.1 Å². The molecule has 142 valence electrons. The van der Waals surface area contributed by atoms with Crippen molar-refractivity contribution >= 4 is 21.8 Å². The molecule has 0 spiro atoms. The Morgan fingerprint density at radius 2 is 1.96 bits per heavy atom. The molecule has 27 heavy (non-hydrogen) atoms. The maximum Gasteiger partial charge on any atom is 0.322 e. The van der Waals surface area contributed by atoms with Crippen molar-refractivity contribution < 1.29 is 26.9 Å². The van der Waals surface area contributed by atoms with E-state index in [-0.39, 0.29) is 41.2 Å². The third-order valence-corrected chi connectivity index (χ3v) is 5.37. The van der Waals surface area contributed by atoms with E-state index in [1.165, 1.54) is 31.5 Å². The van der Waals surface area contributed by atoms with Crippen LogP contribution in [0.15, 0.2) is 50.4 Å². The maximum atomic E-state index is 12.3. The summed E-state index contributed by atoms with van der Waals surface area (Å²) in [7, 11) is -1.99. The monoisotopic (exact) mass is 392 g/mol. The number of nitrogens with one attached hydrogen (secondary N) is 1. The fourth-order valence-electron chi connectivity index (χ4n) is 2.20. The molecule has 10 nitrogen and oxygen atoms in total. The van der Waals surface area contributed by atoms with Crippen LogP contribution in [0, 0.1) is 0 Å². The zero-order valence-electron chi connectivity index (χ0n) is 14.3. The molecule has 2 heterocycles. The third-order valence-electron chi connectivity index (χ3n) is 3.56. The van der Waals surface area contributed by atoms with E-state index >= 15 is 0 Å². The smallest absolute Gasteiger partial charge is 0.322 e. The molecule has 0 radical (unpaired) electrons. The number of hydrogen-bond donors (Lipinski definition) is 1. The topological polar surface area (TPSA) is 137 Å². The van der Waals surface area contributed by atoms with Crippen molar-refractivity contribution in [1.82, 2.24) is 15.4 Å². The Labute approximate surface area is 154 Å². The summed E-state index contributed by atoms with van der Waals surface area (Å²) in [6.07, 6.45) is 1.54. The number of rotatable bonds is 8. The maximum absolute atomic E-state index is 12.3. The lowest BCUT2D eigenvalue weighted by Gasteiger charge is -2.05. The van der Waals surface area contributed by atoms with Crippen LogP contribution in [0.2, 0.25) is 0 Å². The lowest BCUT2D eigenvalue weighted by molar-refractivity contribution is -0.116. The van der Waals surface area contributed by atoms with Crippen LogP contribution in [0.25, 0.3) is 11.7 Å². The molecule has 3 aromatic rings. The molecule has 0 saturated carbocycles. The molecule has 0 unspecified atom stereocenters. The van der Waals surface area contributed by atoms with Crippen LogP contribution in [0.4, 0.5) is 6.01 Å². The van der Waals surface area contributed by atoms with Crippen molar-refractivity contribution in [3.8, 4) is 17.4 Å². The van der Waals surface area contributed by atoms with Crippen LogP contribution in [-0.4, -0.2) is 42.5 Å². The van der Waals surface area contributed by atoms with Gasteiger partial charge in [0.05, 0.1) is 24.0 Å². The fourth-order valence-corrected chi connectivity index (χ4v) is 3.52. The molecule has 3 rings (SSSR count). The summed E-state index contributed by atoms with van der Waals surface area (Å²) in [5, 5.41) is 13.3. The van der Waals surface area contributed by atoms with Crippen LogP contribution in [0.5, 0.6) is 5.75 Å². The van der Waals surface area contributed by atoms with Crippen molar-refractivity contribution in [3.63, 3.8) is 0 Å². The predicted octanol–water partition coefficient (Wildman–Crippen LogP) is 1.93. The Bertz CT molecular complexity index is 996. The van der Waals surface area contributed by atoms with E-state index in [0.717, 1.165) is 0 Å². The first kappa shape index (κ1) is 18.6. The van der Waals surface area contributed by atoms with Gasteiger partial charge in [-0.2, -0.15) is 0 Å². The Kier molecular flexibility index (Phi) is 5.50. The van der Waals surface area contributed by atoms with Crippen LogP contribution in [0.3, 0.4) is 0 Å². The molecular formula is C16H16N4O6S. The second-order valence-electron chi connectivity index (χ2n) is 5.44. The number of aromatic nitrogens is 3. The molecule has 0 atom stereocenters. The Morgan fingerprint density at radius 3 is 2.63 bits per heavy atom. The van der Waals surface area contributed by atoms with Crippen molar-refractivity contribution in [2.24, 2.45) is 0 Å². The van der Waals surface area contributed by atoms with E-state index in [1.807, 2.05) is 0 Å². The van der Waals surface area contributed by atoms with Gasteiger partial charge >= 0.3 is 6.01 Å². The number of carbonyl (C=O) groups excluding carboxylic acids is 1. The highest BCUT2D eigenvalue weighted by atomic mass is 32.2. The molecule has 0 aliphatic rings. The minimum absolute atomic E-state index is 0.0184. The molecule has 1 N–H and O–H groups in total. The average Bonchev–Trinajstić information content (AvgIpc) is 3.33. The minimum Gasteiger partial charge on any atom is -0.497 e. The van der Waals surface area contributed by atoms with Gasteiger partial charge in [-0.05, 0) is 30.7 Å². The zero-order chi connectivity index (χ0) is 19.3. The van der Waals surface area contributed by atoms with Crippen LogP contribution in [-0.2, 0) is 14.6 Å². The molecule has 0 fully saturated rings. The van der Waals surface area contributed by atoms with E-state index in [9.17, 15) is 13.2 Å². The number of hydrogen-bond acceptors (Lipinski definition) is 9. The molecule has 1 aromatic carbocycles. The number of amides is 1. The van der Waals surface area contributed by atoms with Gasteiger partial charge in [-0.25, -0.2) is 8.42 Å². The summed E-state index contributed by atoms with van der Waals surface area (Å²) >= 11 is 0. The van der Waals surface area contributed by atoms with Gasteiger partial charge in [0.15, 0.2) is 9.84 Å². The lowest BCUT2D eigenvalue weighted by atomic mass is 10.3. The lowest BCUT2D eigenvalue weighted by Crippen LogP contribution is -2.14. The zero-order valence-corrected chi connectivity index (χ0v) is 15.1. The minimum atomic E-state index is -3.49. The third kappa shape index (κ3) is 4.70. The first-order valence-corrected chi connectivity index (χ1v) is 9.54. The van der Waals surface area contributed by atoms with E-state index in [2.05, 4.69) is 20.7 Å². The Morgan fingerprint density at radius 1 is 1.19 bits per heavy atom. The summed E-state index contributed by atoms with van der Waals surface area (Å²) in [4.78, 5) is 12.1. The molecule has 1 amide bonds. The number of nitrogens with zero attached hydrogens (tertiary/aromatic N) is 3.